The highest BCUT2D eigenvalue weighted by atomic mass is 15.3. The summed E-state index contributed by atoms with van der Waals surface area (Å²) in [5.41, 5.74) is 3.55. The maximum absolute atomic E-state index is 5.51. The summed E-state index contributed by atoms with van der Waals surface area (Å²) in [4.78, 5) is 13.0. The zero-order valence-corrected chi connectivity index (χ0v) is 12.1. The summed E-state index contributed by atoms with van der Waals surface area (Å²) in [5, 5.41) is 3.33. The Labute approximate surface area is 118 Å². The second-order valence-electron chi connectivity index (χ2n) is 4.93. The molecule has 0 aliphatic carbocycles. The van der Waals surface area contributed by atoms with Crippen LogP contribution < -0.4 is 16.6 Å². The third-order valence-corrected chi connectivity index (χ3v) is 3.04. The Balaban J connectivity index is 2.11. The van der Waals surface area contributed by atoms with E-state index >= 15 is 0 Å². The molecule has 0 fully saturated rings. The lowest BCUT2D eigenvalue weighted by Gasteiger charge is -2.15. The Morgan fingerprint density at radius 1 is 1.30 bits per heavy atom. The molecular weight excluding hydrogens is 254 g/mol. The molecule has 0 aliphatic rings. The number of nitrogen functional groups attached to an aromatic ring is 1. The first-order chi connectivity index (χ1) is 9.61. The van der Waals surface area contributed by atoms with Crippen LogP contribution in [0.15, 0.2) is 18.7 Å². The maximum atomic E-state index is 5.51. The summed E-state index contributed by atoms with van der Waals surface area (Å²) in [6.45, 7) is 7.64. The second kappa shape index (κ2) is 6.33. The van der Waals surface area contributed by atoms with Crippen LogP contribution in [0.2, 0.25) is 0 Å². The Kier molecular flexibility index (Phi) is 4.52. The van der Waals surface area contributed by atoms with Crippen molar-refractivity contribution in [2.75, 3.05) is 17.3 Å². The fraction of sp³-hybridized carbons (Fsp3) is 0.462. The van der Waals surface area contributed by atoms with E-state index in [-0.39, 0.29) is 5.92 Å². The van der Waals surface area contributed by atoms with Crippen molar-refractivity contribution in [1.82, 2.24) is 19.5 Å². The van der Waals surface area contributed by atoms with E-state index in [1.807, 2.05) is 17.7 Å². The van der Waals surface area contributed by atoms with Crippen LogP contribution >= 0.6 is 0 Å². The van der Waals surface area contributed by atoms with Gasteiger partial charge in [-0.15, -0.1) is 0 Å². The number of anilines is 2. The molecule has 7 heteroatoms. The molecule has 0 saturated heterocycles. The van der Waals surface area contributed by atoms with Gasteiger partial charge in [-0.05, 0) is 6.92 Å². The number of nitrogens with two attached hydrogens (primary N) is 1. The van der Waals surface area contributed by atoms with Crippen LogP contribution in [-0.2, 0) is 6.54 Å². The smallest absolute Gasteiger partial charge is 0.148 e. The van der Waals surface area contributed by atoms with Crippen molar-refractivity contribution in [3.8, 4) is 0 Å². The summed E-state index contributed by atoms with van der Waals surface area (Å²) in [6, 6.07) is 0. The fourth-order valence-electron chi connectivity index (χ4n) is 1.83. The number of aromatic nitrogens is 4. The lowest BCUT2D eigenvalue weighted by atomic mass is 10.2. The minimum Gasteiger partial charge on any atom is -0.368 e. The van der Waals surface area contributed by atoms with Gasteiger partial charge in [0.05, 0.1) is 6.33 Å². The van der Waals surface area contributed by atoms with Gasteiger partial charge in [0.15, 0.2) is 0 Å². The second-order valence-corrected chi connectivity index (χ2v) is 4.93. The van der Waals surface area contributed by atoms with Crippen molar-refractivity contribution >= 4 is 11.6 Å². The first-order valence-electron chi connectivity index (χ1n) is 6.66. The number of hydrogen-bond acceptors (Lipinski definition) is 6. The van der Waals surface area contributed by atoms with Gasteiger partial charge in [0.1, 0.15) is 17.5 Å². The van der Waals surface area contributed by atoms with Crippen LogP contribution in [0.25, 0.3) is 0 Å². The highest BCUT2D eigenvalue weighted by Gasteiger charge is 2.12. The Bertz CT molecular complexity index is 548. The zero-order chi connectivity index (χ0) is 14.5. The molecule has 108 valence electrons. The van der Waals surface area contributed by atoms with Gasteiger partial charge in [-0.25, -0.2) is 20.8 Å². The van der Waals surface area contributed by atoms with Gasteiger partial charge in [0.2, 0.25) is 0 Å². The number of imidazole rings is 1. The quantitative estimate of drug-likeness (QED) is 0.546. The summed E-state index contributed by atoms with van der Waals surface area (Å²) in [7, 11) is 0. The van der Waals surface area contributed by atoms with E-state index in [2.05, 4.69) is 39.5 Å². The van der Waals surface area contributed by atoms with E-state index in [0.717, 1.165) is 30.3 Å². The van der Waals surface area contributed by atoms with Crippen molar-refractivity contribution < 1.29 is 0 Å². The van der Waals surface area contributed by atoms with Crippen molar-refractivity contribution in [1.29, 1.82) is 0 Å². The van der Waals surface area contributed by atoms with E-state index in [9.17, 15) is 0 Å². The summed E-state index contributed by atoms with van der Waals surface area (Å²) in [5.74, 6) is 8.01. The first kappa shape index (κ1) is 14.3. The predicted octanol–water partition coefficient (Wildman–Crippen LogP) is 1.50. The summed E-state index contributed by atoms with van der Waals surface area (Å²) >= 11 is 0. The van der Waals surface area contributed by atoms with Crippen molar-refractivity contribution in [2.45, 2.75) is 33.2 Å². The standard InChI is InChI=1S/C13H21N7/c1-9(2)11-17-12(10(3)13(18-11)19-14)16-5-7-20-6-4-15-8-20/h4,6,8-9H,5,7,14H2,1-3H3,(H2,16,17,18,19). The van der Waals surface area contributed by atoms with Gasteiger partial charge in [-0.3, -0.25) is 0 Å². The van der Waals surface area contributed by atoms with Gasteiger partial charge in [-0.2, -0.15) is 0 Å². The third-order valence-electron chi connectivity index (χ3n) is 3.04. The van der Waals surface area contributed by atoms with Crippen molar-refractivity contribution in [3.63, 3.8) is 0 Å². The molecule has 2 heterocycles. The lowest BCUT2D eigenvalue weighted by molar-refractivity contribution is 0.720. The predicted molar refractivity (Wildman–Crippen MR) is 79.4 cm³/mol. The van der Waals surface area contributed by atoms with Gasteiger partial charge in [0, 0.05) is 37.0 Å². The van der Waals surface area contributed by atoms with Crippen LogP contribution in [0.4, 0.5) is 11.6 Å². The molecule has 4 N–H and O–H groups in total. The van der Waals surface area contributed by atoms with Crippen LogP contribution in [0, 0.1) is 6.92 Å². The Morgan fingerprint density at radius 3 is 2.65 bits per heavy atom. The van der Waals surface area contributed by atoms with E-state index in [1.165, 1.54) is 0 Å². The van der Waals surface area contributed by atoms with Crippen LogP contribution in [0.3, 0.4) is 0 Å². The van der Waals surface area contributed by atoms with E-state index < -0.39 is 0 Å². The molecule has 0 atom stereocenters. The topological polar surface area (TPSA) is 93.7 Å². The first-order valence-corrected chi connectivity index (χ1v) is 6.66. The molecule has 0 aliphatic heterocycles. The molecule has 20 heavy (non-hydrogen) atoms. The monoisotopic (exact) mass is 275 g/mol. The van der Waals surface area contributed by atoms with Crippen LogP contribution in [0.1, 0.15) is 31.2 Å². The molecule has 7 nitrogen and oxygen atoms in total. The number of nitrogens with one attached hydrogen (secondary N) is 2. The normalized spacial score (nSPS) is 10.8. The van der Waals surface area contributed by atoms with Gasteiger partial charge < -0.3 is 15.3 Å². The van der Waals surface area contributed by atoms with Gasteiger partial charge >= 0.3 is 0 Å². The number of hydrogen-bond donors (Lipinski definition) is 3. The Hall–Kier alpha value is -2.15. The summed E-state index contributed by atoms with van der Waals surface area (Å²) in [6.07, 6.45) is 5.49. The minimum atomic E-state index is 0.247. The molecule has 0 unspecified atom stereocenters. The minimum absolute atomic E-state index is 0.247. The summed E-state index contributed by atoms with van der Waals surface area (Å²) < 4.78 is 2.01. The molecular formula is C13H21N7. The molecule has 2 aromatic rings. The molecule has 2 rings (SSSR count). The molecule has 0 amide bonds. The Morgan fingerprint density at radius 2 is 2.05 bits per heavy atom. The van der Waals surface area contributed by atoms with Crippen LogP contribution in [0.5, 0.6) is 0 Å². The van der Waals surface area contributed by atoms with Crippen molar-refractivity contribution in [3.05, 3.63) is 30.1 Å². The molecule has 0 saturated carbocycles. The molecule has 0 radical (unpaired) electrons. The highest BCUT2D eigenvalue weighted by Crippen LogP contribution is 2.22. The zero-order valence-electron chi connectivity index (χ0n) is 12.1. The third kappa shape index (κ3) is 3.24. The van der Waals surface area contributed by atoms with E-state index in [4.69, 9.17) is 5.84 Å². The lowest BCUT2D eigenvalue weighted by Crippen LogP contribution is -2.17. The van der Waals surface area contributed by atoms with Crippen LogP contribution in [-0.4, -0.2) is 26.1 Å². The molecule has 0 bridgehead atoms. The van der Waals surface area contributed by atoms with E-state index in [0.29, 0.717) is 5.82 Å². The van der Waals surface area contributed by atoms with Gasteiger partial charge in [-0.1, -0.05) is 13.8 Å². The number of hydrazine groups is 1. The van der Waals surface area contributed by atoms with Gasteiger partial charge in [0.25, 0.3) is 0 Å². The average Bonchev–Trinajstić information content (AvgIpc) is 2.93. The molecule has 2 aromatic heterocycles. The van der Waals surface area contributed by atoms with E-state index in [1.54, 1.807) is 12.5 Å². The largest absolute Gasteiger partial charge is 0.368 e. The SMILES string of the molecule is Cc1c(NN)nc(C(C)C)nc1NCCn1ccnc1. The average molecular weight is 275 g/mol. The molecule has 0 spiro atoms. The number of nitrogens with zero attached hydrogens (tertiary/aromatic N) is 4. The van der Waals surface area contributed by atoms with Crippen molar-refractivity contribution in [2.24, 2.45) is 5.84 Å². The fourth-order valence-corrected chi connectivity index (χ4v) is 1.83. The molecule has 0 aromatic carbocycles. The maximum Gasteiger partial charge on any atom is 0.148 e. The highest BCUT2D eigenvalue weighted by molar-refractivity contribution is 5.56. The number of rotatable bonds is 6.